The SMILES string of the molecule is O=c1c2ccccc2nc(SCc2ccccc2)n1-c1cc(OCc2ccccc2)c(Cl)cc1Cl. The van der Waals surface area contributed by atoms with E-state index in [-0.39, 0.29) is 5.56 Å². The van der Waals surface area contributed by atoms with Gasteiger partial charge in [-0.15, -0.1) is 0 Å². The Hall–Kier alpha value is -3.25. The number of benzene rings is 4. The third kappa shape index (κ3) is 5.22. The molecule has 5 rings (SSSR count). The number of thioether (sulfide) groups is 1. The molecule has 0 unspecified atom stereocenters. The van der Waals surface area contributed by atoms with Gasteiger partial charge in [-0.1, -0.05) is 108 Å². The van der Waals surface area contributed by atoms with E-state index >= 15 is 0 Å². The molecule has 0 fully saturated rings. The minimum atomic E-state index is -0.204. The van der Waals surface area contributed by atoms with Gasteiger partial charge < -0.3 is 4.74 Å². The summed E-state index contributed by atoms with van der Waals surface area (Å²) in [6.07, 6.45) is 0. The molecule has 0 aliphatic heterocycles. The first-order valence-electron chi connectivity index (χ1n) is 10.9. The van der Waals surface area contributed by atoms with E-state index in [2.05, 4.69) is 0 Å². The number of ether oxygens (including phenoxy) is 1. The molecule has 1 heterocycles. The van der Waals surface area contributed by atoms with E-state index in [9.17, 15) is 4.79 Å². The second kappa shape index (κ2) is 10.6. The Bertz CT molecular complexity index is 1540. The third-order valence-corrected chi connectivity index (χ3v) is 7.04. The van der Waals surface area contributed by atoms with Gasteiger partial charge in [-0.3, -0.25) is 9.36 Å². The van der Waals surface area contributed by atoms with Gasteiger partial charge in [-0.25, -0.2) is 4.98 Å². The minimum absolute atomic E-state index is 0.204. The summed E-state index contributed by atoms with van der Waals surface area (Å²) < 4.78 is 7.55. The Balaban J connectivity index is 1.59. The maximum Gasteiger partial charge on any atom is 0.266 e. The molecule has 0 aliphatic rings. The van der Waals surface area contributed by atoms with Gasteiger partial charge in [0.05, 0.1) is 26.6 Å². The molecule has 0 saturated heterocycles. The zero-order valence-corrected chi connectivity index (χ0v) is 20.9. The van der Waals surface area contributed by atoms with Crippen molar-refractivity contribution < 1.29 is 4.74 Å². The van der Waals surface area contributed by atoms with E-state index in [4.69, 9.17) is 32.9 Å². The molecule has 0 spiro atoms. The van der Waals surface area contributed by atoms with Crippen molar-refractivity contribution in [1.29, 1.82) is 0 Å². The van der Waals surface area contributed by atoms with Gasteiger partial charge in [-0.2, -0.15) is 0 Å². The van der Waals surface area contributed by atoms with Crippen LogP contribution in [0.25, 0.3) is 16.6 Å². The standard InChI is InChI=1S/C28H20Cl2N2O2S/c29-22-15-23(30)26(34-17-19-9-3-1-4-10-19)16-25(22)32-27(33)21-13-7-8-14-24(21)31-28(32)35-18-20-11-5-2-6-12-20/h1-16H,17-18H2. The average molecular weight is 519 g/mol. The topological polar surface area (TPSA) is 44.1 Å². The molecule has 35 heavy (non-hydrogen) atoms. The number of para-hydroxylation sites is 1. The second-order valence-corrected chi connectivity index (χ2v) is 9.59. The fraction of sp³-hybridized carbons (Fsp3) is 0.0714. The van der Waals surface area contributed by atoms with Crippen molar-refractivity contribution in [3.05, 3.63) is 129 Å². The summed E-state index contributed by atoms with van der Waals surface area (Å²) in [6, 6.07) is 30.4. The first-order chi connectivity index (χ1) is 17.1. The summed E-state index contributed by atoms with van der Waals surface area (Å²) in [6.45, 7) is 0.335. The van der Waals surface area contributed by atoms with E-state index in [1.165, 1.54) is 11.8 Å². The van der Waals surface area contributed by atoms with E-state index in [1.54, 1.807) is 22.8 Å². The summed E-state index contributed by atoms with van der Waals surface area (Å²) in [5, 5.41) is 1.75. The number of halogens is 2. The van der Waals surface area contributed by atoms with Gasteiger partial charge in [0.25, 0.3) is 5.56 Å². The normalized spacial score (nSPS) is 11.0. The number of aromatic nitrogens is 2. The molecule has 0 N–H and O–H groups in total. The second-order valence-electron chi connectivity index (χ2n) is 7.83. The first-order valence-corrected chi connectivity index (χ1v) is 12.7. The molecule has 174 valence electrons. The largest absolute Gasteiger partial charge is 0.487 e. The van der Waals surface area contributed by atoms with E-state index in [0.717, 1.165) is 11.1 Å². The van der Waals surface area contributed by atoms with Gasteiger partial charge in [-0.05, 0) is 29.3 Å². The summed E-state index contributed by atoms with van der Waals surface area (Å²) in [7, 11) is 0. The highest BCUT2D eigenvalue weighted by atomic mass is 35.5. The fourth-order valence-corrected chi connectivity index (χ4v) is 5.16. The van der Waals surface area contributed by atoms with Crippen molar-refractivity contribution in [3.8, 4) is 11.4 Å². The monoisotopic (exact) mass is 518 g/mol. The van der Waals surface area contributed by atoms with E-state index in [1.807, 2.05) is 78.9 Å². The maximum absolute atomic E-state index is 13.7. The molecular weight excluding hydrogens is 499 g/mol. The van der Waals surface area contributed by atoms with Gasteiger partial charge in [0.15, 0.2) is 5.16 Å². The van der Waals surface area contributed by atoms with Gasteiger partial charge >= 0.3 is 0 Å². The molecule has 0 radical (unpaired) electrons. The summed E-state index contributed by atoms with van der Waals surface area (Å²) in [4.78, 5) is 18.5. The van der Waals surface area contributed by atoms with Crippen LogP contribution in [0.15, 0.2) is 107 Å². The van der Waals surface area contributed by atoms with Gasteiger partial charge in [0, 0.05) is 11.8 Å². The van der Waals surface area contributed by atoms with E-state index in [0.29, 0.717) is 49.9 Å². The van der Waals surface area contributed by atoms with Crippen LogP contribution in [0.1, 0.15) is 11.1 Å². The van der Waals surface area contributed by atoms with Crippen molar-refractivity contribution in [1.82, 2.24) is 9.55 Å². The summed E-state index contributed by atoms with van der Waals surface area (Å²) >= 11 is 14.6. The van der Waals surface area contributed by atoms with Crippen molar-refractivity contribution in [3.63, 3.8) is 0 Å². The minimum Gasteiger partial charge on any atom is -0.487 e. The lowest BCUT2D eigenvalue weighted by atomic mass is 10.2. The molecule has 0 atom stereocenters. The van der Waals surface area contributed by atoms with Gasteiger partial charge in [0.1, 0.15) is 12.4 Å². The Morgan fingerprint density at radius 2 is 1.46 bits per heavy atom. The van der Waals surface area contributed by atoms with Crippen LogP contribution in [0, 0.1) is 0 Å². The summed E-state index contributed by atoms with van der Waals surface area (Å²) in [5.41, 5.74) is 3.03. The van der Waals surface area contributed by atoms with Crippen LogP contribution in [-0.2, 0) is 12.4 Å². The van der Waals surface area contributed by atoms with Gasteiger partial charge in [0.2, 0.25) is 0 Å². The van der Waals surface area contributed by atoms with Crippen molar-refractivity contribution >= 4 is 45.9 Å². The molecule has 0 aliphatic carbocycles. The zero-order chi connectivity index (χ0) is 24.2. The Morgan fingerprint density at radius 3 is 2.20 bits per heavy atom. The number of rotatable bonds is 7. The molecule has 0 bridgehead atoms. The van der Waals surface area contributed by atoms with Crippen LogP contribution in [-0.4, -0.2) is 9.55 Å². The van der Waals surface area contributed by atoms with Crippen LogP contribution in [0.4, 0.5) is 0 Å². The Morgan fingerprint density at radius 1 is 0.800 bits per heavy atom. The molecule has 0 saturated carbocycles. The lowest BCUT2D eigenvalue weighted by molar-refractivity contribution is 0.306. The van der Waals surface area contributed by atoms with Crippen LogP contribution in [0.5, 0.6) is 5.75 Å². The smallest absolute Gasteiger partial charge is 0.266 e. The quantitative estimate of drug-likeness (QED) is 0.164. The first kappa shape index (κ1) is 23.5. The van der Waals surface area contributed by atoms with Crippen LogP contribution < -0.4 is 10.3 Å². The third-order valence-electron chi connectivity index (χ3n) is 5.44. The Kier molecular flexibility index (Phi) is 7.09. The van der Waals surface area contributed by atoms with Crippen LogP contribution in [0.3, 0.4) is 0 Å². The Labute approximate surface area is 217 Å². The molecular formula is C28H20Cl2N2O2S. The molecule has 4 aromatic carbocycles. The number of fused-ring (bicyclic) bond motifs is 1. The molecule has 7 heteroatoms. The molecule has 1 aromatic heterocycles. The number of hydrogen-bond donors (Lipinski definition) is 0. The lowest BCUT2D eigenvalue weighted by Crippen LogP contribution is -2.22. The van der Waals surface area contributed by atoms with Crippen LogP contribution >= 0.6 is 35.0 Å². The molecule has 4 nitrogen and oxygen atoms in total. The average Bonchev–Trinajstić information content (AvgIpc) is 2.89. The molecule has 5 aromatic rings. The summed E-state index contributed by atoms with van der Waals surface area (Å²) in [5.74, 6) is 1.09. The molecule has 0 amide bonds. The lowest BCUT2D eigenvalue weighted by Gasteiger charge is -2.17. The van der Waals surface area contributed by atoms with Crippen molar-refractivity contribution in [2.24, 2.45) is 0 Å². The van der Waals surface area contributed by atoms with Crippen LogP contribution in [0.2, 0.25) is 10.0 Å². The van der Waals surface area contributed by atoms with Crippen molar-refractivity contribution in [2.75, 3.05) is 0 Å². The number of nitrogens with zero attached hydrogens (tertiary/aromatic N) is 2. The predicted octanol–water partition coefficient (Wildman–Crippen LogP) is 7.56. The highest BCUT2D eigenvalue weighted by Gasteiger charge is 2.18. The highest BCUT2D eigenvalue weighted by Crippen LogP contribution is 2.35. The van der Waals surface area contributed by atoms with Crippen molar-refractivity contribution in [2.45, 2.75) is 17.5 Å². The number of hydrogen-bond acceptors (Lipinski definition) is 4. The highest BCUT2D eigenvalue weighted by molar-refractivity contribution is 7.98. The maximum atomic E-state index is 13.7. The van der Waals surface area contributed by atoms with E-state index < -0.39 is 0 Å². The predicted molar refractivity (Wildman–Crippen MR) is 144 cm³/mol. The zero-order valence-electron chi connectivity index (χ0n) is 18.5. The fourth-order valence-electron chi connectivity index (χ4n) is 3.68.